The van der Waals surface area contributed by atoms with Crippen LogP contribution in [0.25, 0.3) is 0 Å². The average molecular weight is 154 g/mol. The SMILES string of the molecule is CC1=COC2(CCCCC2)O1. The van der Waals surface area contributed by atoms with Crippen LogP contribution in [0.1, 0.15) is 39.0 Å². The Bertz CT molecular complexity index is 178. The van der Waals surface area contributed by atoms with E-state index in [9.17, 15) is 0 Å². The molecule has 2 nitrogen and oxygen atoms in total. The molecule has 0 unspecified atom stereocenters. The molecular formula is C9H14O2. The van der Waals surface area contributed by atoms with Crippen molar-refractivity contribution in [2.45, 2.75) is 44.8 Å². The fourth-order valence-electron chi connectivity index (χ4n) is 1.84. The first-order chi connectivity index (χ1) is 5.31. The molecule has 1 heterocycles. The smallest absolute Gasteiger partial charge is 0.250 e. The molecule has 0 radical (unpaired) electrons. The Morgan fingerprint density at radius 2 is 2.00 bits per heavy atom. The van der Waals surface area contributed by atoms with Crippen LogP contribution in [0.2, 0.25) is 0 Å². The van der Waals surface area contributed by atoms with Gasteiger partial charge in [0.25, 0.3) is 0 Å². The third kappa shape index (κ3) is 1.22. The van der Waals surface area contributed by atoms with E-state index in [4.69, 9.17) is 9.47 Å². The van der Waals surface area contributed by atoms with E-state index in [1.165, 1.54) is 19.3 Å². The van der Waals surface area contributed by atoms with Gasteiger partial charge in [0.2, 0.25) is 5.79 Å². The van der Waals surface area contributed by atoms with Crippen molar-refractivity contribution in [3.05, 3.63) is 12.0 Å². The van der Waals surface area contributed by atoms with Gasteiger partial charge in [-0.2, -0.15) is 0 Å². The van der Waals surface area contributed by atoms with E-state index in [1.807, 2.05) is 6.92 Å². The molecule has 1 spiro atoms. The maximum Gasteiger partial charge on any atom is 0.250 e. The molecular weight excluding hydrogens is 140 g/mol. The van der Waals surface area contributed by atoms with E-state index >= 15 is 0 Å². The lowest BCUT2D eigenvalue weighted by Crippen LogP contribution is -2.32. The summed E-state index contributed by atoms with van der Waals surface area (Å²) in [6.07, 6.45) is 7.66. The Morgan fingerprint density at radius 1 is 1.27 bits per heavy atom. The van der Waals surface area contributed by atoms with Crippen LogP contribution in [-0.4, -0.2) is 5.79 Å². The first-order valence-corrected chi connectivity index (χ1v) is 4.34. The van der Waals surface area contributed by atoms with E-state index in [-0.39, 0.29) is 5.79 Å². The van der Waals surface area contributed by atoms with Gasteiger partial charge in [-0.25, -0.2) is 0 Å². The van der Waals surface area contributed by atoms with Crippen molar-refractivity contribution in [1.82, 2.24) is 0 Å². The van der Waals surface area contributed by atoms with Gasteiger partial charge in [-0.3, -0.25) is 0 Å². The highest BCUT2D eigenvalue weighted by Gasteiger charge is 2.38. The molecule has 0 bridgehead atoms. The summed E-state index contributed by atoms with van der Waals surface area (Å²) in [5.74, 6) is 0.675. The summed E-state index contributed by atoms with van der Waals surface area (Å²) in [7, 11) is 0. The Labute approximate surface area is 67.2 Å². The maximum atomic E-state index is 5.63. The number of rotatable bonds is 0. The van der Waals surface area contributed by atoms with Gasteiger partial charge < -0.3 is 9.47 Å². The first-order valence-electron chi connectivity index (χ1n) is 4.34. The molecule has 11 heavy (non-hydrogen) atoms. The summed E-state index contributed by atoms with van der Waals surface area (Å²) in [6, 6.07) is 0. The van der Waals surface area contributed by atoms with E-state index in [1.54, 1.807) is 6.26 Å². The Hall–Kier alpha value is -0.660. The van der Waals surface area contributed by atoms with Crippen molar-refractivity contribution in [1.29, 1.82) is 0 Å². The third-order valence-corrected chi connectivity index (χ3v) is 2.40. The Balaban J connectivity index is 2.01. The van der Waals surface area contributed by atoms with Crippen LogP contribution in [0.4, 0.5) is 0 Å². The van der Waals surface area contributed by atoms with Crippen LogP contribution in [-0.2, 0) is 9.47 Å². The average Bonchev–Trinajstić information content (AvgIpc) is 2.34. The largest absolute Gasteiger partial charge is 0.456 e. The molecule has 1 aliphatic heterocycles. The van der Waals surface area contributed by atoms with Gasteiger partial charge in [0.15, 0.2) is 0 Å². The van der Waals surface area contributed by atoms with Crippen molar-refractivity contribution in [2.24, 2.45) is 0 Å². The molecule has 0 atom stereocenters. The molecule has 0 amide bonds. The predicted octanol–water partition coefficient (Wildman–Crippen LogP) is 2.55. The number of allylic oxidation sites excluding steroid dienone is 1. The summed E-state index contributed by atoms with van der Waals surface area (Å²) < 4.78 is 11.1. The molecule has 1 saturated carbocycles. The Morgan fingerprint density at radius 3 is 2.55 bits per heavy atom. The first kappa shape index (κ1) is 7.01. The number of hydrogen-bond donors (Lipinski definition) is 0. The molecule has 1 fully saturated rings. The minimum absolute atomic E-state index is 0.248. The zero-order chi connectivity index (χ0) is 7.73. The van der Waals surface area contributed by atoms with E-state index in [0.717, 1.165) is 18.6 Å². The molecule has 0 aromatic heterocycles. The molecule has 0 aromatic rings. The topological polar surface area (TPSA) is 18.5 Å². The van der Waals surface area contributed by atoms with Crippen LogP contribution < -0.4 is 0 Å². The molecule has 2 rings (SSSR count). The molecule has 0 saturated heterocycles. The molecule has 2 aliphatic rings. The monoisotopic (exact) mass is 154 g/mol. The van der Waals surface area contributed by atoms with Crippen molar-refractivity contribution >= 4 is 0 Å². The minimum Gasteiger partial charge on any atom is -0.456 e. The standard InChI is InChI=1S/C9H14O2/c1-8-7-10-9(11-8)5-3-2-4-6-9/h7H,2-6H2,1H3. The van der Waals surface area contributed by atoms with Gasteiger partial charge in [-0.1, -0.05) is 6.42 Å². The van der Waals surface area contributed by atoms with Gasteiger partial charge >= 0.3 is 0 Å². The van der Waals surface area contributed by atoms with Crippen molar-refractivity contribution in [3.63, 3.8) is 0 Å². The van der Waals surface area contributed by atoms with Gasteiger partial charge in [0.05, 0.1) is 0 Å². The second kappa shape index (κ2) is 2.43. The van der Waals surface area contributed by atoms with E-state index in [2.05, 4.69) is 0 Å². The predicted molar refractivity (Wildman–Crippen MR) is 41.7 cm³/mol. The molecule has 2 heteroatoms. The van der Waals surface area contributed by atoms with Crippen molar-refractivity contribution in [2.75, 3.05) is 0 Å². The summed E-state index contributed by atoms with van der Waals surface area (Å²) in [6.45, 7) is 1.95. The van der Waals surface area contributed by atoms with Gasteiger partial charge in [0, 0.05) is 12.8 Å². The molecule has 0 aromatic carbocycles. The van der Waals surface area contributed by atoms with Crippen LogP contribution in [0.3, 0.4) is 0 Å². The fraction of sp³-hybridized carbons (Fsp3) is 0.778. The lowest BCUT2D eigenvalue weighted by atomic mass is 9.94. The van der Waals surface area contributed by atoms with Crippen LogP contribution in [0, 0.1) is 0 Å². The van der Waals surface area contributed by atoms with Gasteiger partial charge in [0.1, 0.15) is 12.0 Å². The van der Waals surface area contributed by atoms with E-state index < -0.39 is 0 Å². The summed E-state index contributed by atoms with van der Waals surface area (Å²) in [5.41, 5.74) is 0. The normalized spacial score (nSPS) is 27.5. The van der Waals surface area contributed by atoms with E-state index in [0.29, 0.717) is 0 Å². The van der Waals surface area contributed by atoms with Gasteiger partial charge in [-0.05, 0) is 19.8 Å². The lowest BCUT2D eigenvalue weighted by Gasteiger charge is -2.31. The third-order valence-electron chi connectivity index (χ3n) is 2.40. The van der Waals surface area contributed by atoms with Crippen molar-refractivity contribution in [3.8, 4) is 0 Å². The lowest BCUT2D eigenvalue weighted by molar-refractivity contribution is -0.168. The number of ether oxygens (including phenoxy) is 2. The second-order valence-corrected chi connectivity index (χ2v) is 3.42. The maximum absolute atomic E-state index is 5.63. The van der Waals surface area contributed by atoms with Crippen molar-refractivity contribution < 1.29 is 9.47 Å². The summed E-state index contributed by atoms with van der Waals surface area (Å²) in [5, 5.41) is 0. The number of hydrogen-bond acceptors (Lipinski definition) is 2. The van der Waals surface area contributed by atoms with Gasteiger partial charge in [-0.15, -0.1) is 0 Å². The van der Waals surface area contributed by atoms with Crippen LogP contribution in [0.5, 0.6) is 0 Å². The highest BCUT2D eigenvalue weighted by molar-refractivity contribution is 4.94. The molecule has 62 valence electrons. The Kier molecular flexibility index (Phi) is 1.55. The molecule has 0 N–H and O–H groups in total. The van der Waals surface area contributed by atoms with Crippen LogP contribution >= 0.6 is 0 Å². The van der Waals surface area contributed by atoms with Crippen LogP contribution in [0.15, 0.2) is 12.0 Å². The second-order valence-electron chi connectivity index (χ2n) is 3.42. The highest BCUT2D eigenvalue weighted by Crippen LogP contribution is 2.38. The minimum atomic E-state index is -0.248. The quantitative estimate of drug-likeness (QED) is 0.534. The molecule has 1 aliphatic carbocycles. The highest BCUT2D eigenvalue weighted by atomic mass is 16.7. The summed E-state index contributed by atoms with van der Waals surface area (Å²) in [4.78, 5) is 0. The fourth-order valence-corrected chi connectivity index (χ4v) is 1.84. The zero-order valence-corrected chi connectivity index (χ0v) is 6.93. The zero-order valence-electron chi connectivity index (χ0n) is 6.93. The summed E-state index contributed by atoms with van der Waals surface area (Å²) >= 11 is 0.